The summed E-state index contributed by atoms with van der Waals surface area (Å²) >= 11 is 2.19. The number of amides is 2. The Morgan fingerprint density at radius 2 is 1.75 bits per heavy atom. The number of ether oxygens (including phenoxy) is 2. The summed E-state index contributed by atoms with van der Waals surface area (Å²) in [4.78, 5) is 27.7. The van der Waals surface area contributed by atoms with Gasteiger partial charge in [-0.15, -0.1) is 11.8 Å². The van der Waals surface area contributed by atoms with Gasteiger partial charge in [-0.3, -0.25) is 4.84 Å². The first kappa shape index (κ1) is 18.9. The summed E-state index contributed by atoms with van der Waals surface area (Å²) in [6, 6.07) is 0. The minimum absolute atomic E-state index is 0.144. The lowest BCUT2D eigenvalue weighted by Gasteiger charge is -2.20. The minimum Gasteiger partial charge on any atom is -0.446 e. The van der Waals surface area contributed by atoms with Crippen molar-refractivity contribution in [3.05, 3.63) is 0 Å². The largest absolute Gasteiger partial charge is 0.447 e. The molecule has 20 heavy (non-hydrogen) atoms. The van der Waals surface area contributed by atoms with Crippen molar-refractivity contribution in [1.82, 2.24) is 8.61 Å². The number of hydrogen-bond acceptors (Lipinski definition) is 8. The molecule has 0 aromatic heterocycles. The van der Waals surface area contributed by atoms with E-state index in [1.807, 2.05) is 6.26 Å². The third-order valence-corrected chi connectivity index (χ3v) is 3.27. The van der Waals surface area contributed by atoms with Gasteiger partial charge in [-0.05, 0) is 13.2 Å². The molecule has 0 aromatic carbocycles. The molecule has 2 amide bonds. The van der Waals surface area contributed by atoms with Crippen LogP contribution in [0.2, 0.25) is 0 Å². The fraction of sp³-hybridized carbons (Fsp3) is 0.700. The van der Waals surface area contributed by atoms with Crippen LogP contribution in [0.15, 0.2) is 5.16 Å². The Morgan fingerprint density at radius 1 is 1.15 bits per heavy atom. The molecule has 0 rings (SSSR count). The van der Waals surface area contributed by atoms with Crippen molar-refractivity contribution < 1.29 is 23.9 Å². The zero-order valence-corrected chi connectivity index (χ0v) is 13.7. The molecule has 8 nitrogen and oxygen atoms in total. The summed E-state index contributed by atoms with van der Waals surface area (Å²) in [5.74, 6) is 0. The van der Waals surface area contributed by atoms with Gasteiger partial charge in [-0.25, -0.2) is 18.2 Å². The second-order valence-corrected chi connectivity index (χ2v) is 5.61. The SMILES string of the molecule is COCCOC(=O)N(C)SN(C)C(=O)O/N=C(\C)SC. The van der Waals surface area contributed by atoms with Gasteiger partial charge in [0, 0.05) is 21.2 Å². The van der Waals surface area contributed by atoms with Crippen molar-refractivity contribution in [2.45, 2.75) is 6.92 Å². The molecule has 0 aliphatic carbocycles. The Kier molecular flexibility index (Phi) is 10.0. The molecule has 0 aliphatic heterocycles. The maximum absolute atomic E-state index is 11.5. The molecular formula is C10H19N3O5S2. The average molecular weight is 325 g/mol. The highest BCUT2D eigenvalue weighted by molar-refractivity contribution is 8.13. The first-order chi connectivity index (χ1) is 9.42. The maximum Gasteiger partial charge on any atom is 0.447 e. The van der Waals surface area contributed by atoms with Crippen LogP contribution in [0.25, 0.3) is 0 Å². The van der Waals surface area contributed by atoms with Crippen molar-refractivity contribution in [3.8, 4) is 0 Å². The number of carbonyl (C=O) groups excluding carboxylic acids is 2. The Bertz CT molecular complexity index is 354. The fourth-order valence-corrected chi connectivity index (χ4v) is 1.45. The summed E-state index contributed by atoms with van der Waals surface area (Å²) in [6.07, 6.45) is 0.532. The van der Waals surface area contributed by atoms with E-state index in [-0.39, 0.29) is 6.61 Å². The number of oxime groups is 1. The van der Waals surface area contributed by atoms with Gasteiger partial charge >= 0.3 is 12.2 Å². The summed E-state index contributed by atoms with van der Waals surface area (Å²) < 4.78 is 11.9. The molecule has 0 bridgehead atoms. The second kappa shape index (κ2) is 10.6. The van der Waals surface area contributed by atoms with Gasteiger partial charge in [0.15, 0.2) is 0 Å². The van der Waals surface area contributed by atoms with E-state index in [2.05, 4.69) is 9.99 Å². The van der Waals surface area contributed by atoms with E-state index in [9.17, 15) is 9.59 Å². The maximum atomic E-state index is 11.5. The highest BCUT2D eigenvalue weighted by Crippen LogP contribution is 2.14. The van der Waals surface area contributed by atoms with Crippen LogP contribution in [0.1, 0.15) is 6.92 Å². The molecule has 0 spiro atoms. The van der Waals surface area contributed by atoms with Crippen LogP contribution < -0.4 is 0 Å². The summed E-state index contributed by atoms with van der Waals surface area (Å²) in [6.45, 7) is 2.17. The van der Waals surface area contributed by atoms with Crippen molar-refractivity contribution in [1.29, 1.82) is 0 Å². The summed E-state index contributed by atoms with van der Waals surface area (Å²) in [5.41, 5.74) is 0. The molecule has 0 aromatic rings. The molecule has 0 fully saturated rings. The first-order valence-electron chi connectivity index (χ1n) is 5.53. The van der Waals surface area contributed by atoms with E-state index >= 15 is 0 Å². The smallest absolute Gasteiger partial charge is 0.446 e. The van der Waals surface area contributed by atoms with Gasteiger partial charge in [0.2, 0.25) is 0 Å². The quantitative estimate of drug-likeness (QED) is 0.184. The van der Waals surface area contributed by atoms with Gasteiger partial charge in [0.1, 0.15) is 11.7 Å². The Labute approximate surface area is 127 Å². The van der Waals surface area contributed by atoms with Crippen molar-refractivity contribution in [2.75, 3.05) is 40.7 Å². The number of carbonyl (C=O) groups is 2. The first-order valence-corrected chi connectivity index (χ1v) is 7.48. The van der Waals surface area contributed by atoms with Crippen molar-refractivity contribution in [2.24, 2.45) is 5.16 Å². The molecule has 0 aliphatic rings. The number of hydrogen-bond donors (Lipinski definition) is 0. The third-order valence-electron chi connectivity index (χ3n) is 1.82. The molecule has 0 heterocycles. The minimum atomic E-state index is -0.694. The van der Waals surface area contributed by atoms with E-state index in [4.69, 9.17) is 9.47 Å². The second-order valence-electron chi connectivity index (χ2n) is 3.36. The lowest BCUT2D eigenvalue weighted by molar-refractivity contribution is 0.0899. The lowest BCUT2D eigenvalue weighted by Crippen LogP contribution is -2.29. The number of thioether (sulfide) groups is 1. The van der Waals surface area contributed by atoms with Crippen molar-refractivity contribution >= 4 is 41.1 Å². The average Bonchev–Trinajstić information content (AvgIpc) is 2.43. The number of rotatable bonds is 6. The van der Waals surface area contributed by atoms with Gasteiger partial charge in [-0.1, -0.05) is 5.16 Å². The predicted octanol–water partition coefficient (Wildman–Crippen LogP) is 2.03. The van der Waals surface area contributed by atoms with Crippen LogP contribution in [-0.4, -0.2) is 66.5 Å². The molecule has 0 unspecified atom stereocenters. The lowest BCUT2D eigenvalue weighted by atomic mass is 10.8. The fourth-order valence-electron chi connectivity index (χ4n) is 0.752. The zero-order chi connectivity index (χ0) is 15.5. The van der Waals surface area contributed by atoms with Gasteiger partial charge in [0.25, 0.3) is 0 Å². The van der Waals surface area contributed by atoms with E-state index in [0.717, 1.165) is 20.7 Å². The number of methoxy groups -OCH3 is 1. The molecule has 0 N–H and O–H groups in total. The summed E-state index contributed by atoms with van der Waals surface area (Å²) in [5, 5.41) is 4.22. The Hall–Kier alpha value is -1.13. The molecule has 0 saturated carbocycles. The van der Waals surface area contributed by atoms with Crippen LogP contribution in [0.3, 0.4) is 0 Å². The normalized spacial score (nSPS) is 10.9. The monoisotopic (exact) mass is 325 g/mol. The standard InChI is InChI=1S/C10H19N3O5S2/c1-8(19-5)11-18-10(15)13(3)20-12(2)9(14)17-7-6-16-4/h6-7H2,1-5H3/b11-8+. The topological polar surface area (TPSA) is 80.7 Å². The van der Waals surface area contributed by atoms with Gasteiger partial charge in [0.05, 0.1) is 18.7 Å². The molecule has 0 atom stereocenters. The molecule has 10 heteroatoms. The van der Waals surface area contributed by atoms with Crippen LogP contribution in [-0.2, 0) is 14.3 Å². The van der Waals surface area contributed by atoms with Crippen LogP contribution >= 0.6 is 23.9 Å². The third kappa shape index (κ3) is 8.12. The zero-order valence-electron chi connectivity index (χ0n) is 12.1. The van der Waals surface area contributed by atoms with E-state index in [0.29, 0.717) is 11.7 Å². The van der Waals surface area contributed by atoms with Crippen LogP contribution in [0.4, 0.5) is 9.59 Å². The van der Waals surface area contributed by atoms with E-state index < -0.39 is 12.2 Å². The van der Waals surface area contributed by atoms with Crippen LogP contribution in [0.5, 0.6) is 0 Å². The van der Waals surface area contributed by atoms with Gasteiger partial charge < -0.3 is 9.47 Å². The van der Waals surface area contributed by atoms with E-state index in [1.54, 1.807) is 6.92 Å². The Balaban J connectivity index is 4.13. The Morgan fingerprint density at radius 3 is 2.30 bits per heavy atom. The van der Waals surface area contributed by atoms with Crippen molar-refractivity contribution in [3.63, 3.8) is 0 Å². The summed E-state index contributed by atoms with van der Waals surface area (Å²) in [7, 11) is 4.43. The number of nitrogens with zero attached hydrogens (tertiary/aromatic N) is 3. The molecule has 116 valence electrons. The van der Waals surface area contributed by atoms with Gasteiger partial charge in [-0.2, -0.15) is 0 Å². The predicted molar refractivity (Wildman–Crippen MR) is 79.4 cm³/mol. The molecule has 0 saturated heterocycles. The highest BCUT2D eigenvalue weighted by atomic mass is 32.2. The van der Waals surface area contributed by atoms with E-state index in [1.165, 1.54) is 33.0 Å². The molecular weight excluding hydrogens is 306 g/mol. The van der Waals surface area contributed by atoms with Crippen LogP contribution in [0, 0.1) is 0 Å². The molecule has 0 radical (unpaired) electrons. The highest BCUT2D eigenvalue weighted by Gasteiger charge is 2.18.